The van der Waals surface area contributed by atoms with Gasteiger partial charge in [0.25, 0.3) is 0 Å². The summed E-state index contributed by atoms with van der Waals surface area (Å²) >= 11 is 0. The second-order valence-corrected chi connectivity index (χ2v) is 7.73. The van der Waals surface area contributed by atoms with Crippen LogP contribution in [0.3, 0.4) is 0 Å². The van der Waals surface area contributed by atoms with Gasteiger partial charge in [-0.25, -0.2) is 8.42 Å². The molecule has 0 spiro atoms. The fourth-order valence-corrected chi connectivity index (χ4v) is 4.21. The van der Waals surface area contributed by atoms with Crippen molar-refractivity contribution in [3.05, 3.63) is 29.3 Å². The maximum atomic E-state index is 12.8. The number of aryl methyl sites for hydroxylation is 1. The second-order valence-electron chi connectivity index (χ2n) is 5.87. The largest absolute Gasteiger partial charge is 0.326 e. The van der Waals surface area contributed by atoms with E-state index in [0.717, 1.165) is 11.1 Å². The van der Waals surface area contributed by atoms with Gasteiger partial charge < -0.3 is 5.73 Å². The van der Waals surface area contributed by atoms with Gasteiger partial charge in [-0.15, -0.1) is 0 Å². The van der Waals surface area contributed by atoms with Gasteiger partial charge in [-0.1, -0.05) is 26.0 Å². The number of hydrogen-bond donors (Lipinski definition) is 1. The lowest BCUT2D eigenvalue weighted by molar-refractivity contribution is 0.318. The summed E-state index contributed by atoms with van der Waals surface area (Å²) in [6, 6.07) is 5.24. The first-order valence-electron chi connectivity index (χ1n) is 7.01. The van der Waals surface area contributed by atoms with Gasteiger partial charge >= 0.3 is 0 Å². The molecule has 0 aliphatic heterocycles. The number of benzene rings is 1. The van der Waals surface area contributed by atoms with Crippen LogP contribution in [0.2, 0.25) is 0 Å². The highest BCUT2D eigenvalue weighted by molar-refractivity contribution is 7.89. The van der Waals surface area contributed by atoms with Gasteiger partial charge in [0.2, 0.25) is 10.0 Å². The zero-order chi connectivity index (χ0) is 15.5. The number of hydrogen-bond acceptors (Lipinski definition) is 3. The maximum Gasteiger partial charge on any atom is 0.243 e. The predicted octanol–water partition coefficient (Wildman–Crippen LogP) is 2.51. The van der Waals surface area contributed by atoms with Crippen LogP contribution < -0.4 is 5.73 Å². The highest BCUT2D eigenvalue weighted by Gasteiger charge is 2.28. The van der Waals surface area contributed by atoms with E-state index in [2.05, 4.69) is 0 Å². The predicted molar refractivity (Wildman–Crippen MR) is 82.9 cm³/mol. The van der Waals surface area contributed by atoms with E-state index in [0.29, 0.717) is 18.0 Å². The molecule has 0 aliphatic rings. The van der Waals surface area contributed by atoms with E-state index >= 15 is 0 Å². The molecule has 1 rings (SSSR count). The molecule has 1 aromatic carbocycles. The molecule has 0 atom stereocenters. The van der Waals surface area contributed by atoms with Gasteiger partial charge in [0, 0.05) is 19.1 Å². The van der Waals surface area contributed by atoms with Crippen LogP contribution >= 0.6 is 0 Å². The van der Waals surface area contributed by atoms with Crippen LogP contribution in [0.4, 0.5) is 0 Å². The zero-order valence-corrected chi connectivity index (χ0v) is 13.9. The summed E-state index contributed by atoms with van der Waals surface area (Å²) in [7, 11) is -3.46. The molecule has 0 bridgehead atoms. The molecule has 1 aromatic rings. The second kappa shape index (κ2) is 6.70. The van der Waals surface area contributed by atoms with E-state index < -0.39 is 10.0 Å². The number of sulfonamides is 1. The van der Waals surface area contributed by atoms with E-state index in [1.807, 2.05) is 40.7 Å². The molecule has 0 saturated carbocycles. The number of nitrogens with two attached hydrogens (primary N) is 1. The smallest absolute Gasteiger partial charge is 0.243 e. The number of rotatable bonds is 6. The Bertz CT molecular complexity index is 551. The Morgan fingerprint density at radius 2 is 1.80 bits per heavy atom. The van der Waals surface area contributed by atoms with E-state index in [-0.39, 0.29) is 12.0 Å². The Hall–Kier alpha value is -0.910. The molecule has 0 aliphatic carbocycles. The topological polar surface area (TPSA) is 63.4 Å². The van der Waals surface area contributed by atoms with E-state index in [9.17, 15) is 8.42 Å². The number of nitrogens with zero attached hydrogens (tertiary/aromatic N) is 1. The summed E-state index contributed by atoms with van der Waals surface area (Å²) in [5.74, 6) is 0.288. The monoisotopic (exact) mass is 298 g/mol. The molecule has 0 unspecified atom stereocenters. The van der Waals surface area contributed by atoms with E-state index in [1.54, 1.807) is 16.4 Å². The first kappa shape index (κ1) is 17.1. The van der Waals surface area contributed by atoms with Crippen molar-refractivity contribution in [2.45, 2.75) is 52.1 Å². The van der Waals surface area contributed by atoms with E-state index in [4.69, 9.17) is 5.73 Å². The van der Waals surface area contributed by atoms with Crippen molar-refractivity contribution >= 4 is 10.0 Å². The minimum absolute atomic E-state index is 0.0593. The molecule has 0 heterocycles. The minimum atomic E-state index is -3.46. The Morgan fingerprint density at radius 1 is 1.20 bits per heavy atom. The van der Waals surface area contributed by atoms with Gasteiger partial charge in [0.05, 0.1) is 4.90 Å². The maximum absolute atomic E-state index is 12.8. The first-order valence-corrected chi connectivity index (χ1v) is 8.45. The van der Waals surface area contributed by atoms with Crippen LogP contribution in [0, 0.1) is 12.8 Å². The lowest BCUT2D eigenvalue weighted by Crippen LogP contribution is -2.39. The van der Waals surface area contributed by atoms with Crippen LogP contribution in [-0.2, 0) is 16.6 Å². The Labute approximate surface area is 123 Å². The minimum Gasteiger partial charge on any atom is -0.326 e. The average Bonchev–Trinajstić information content (AvgIpc) is 2.34. The van der Waals surface area contributed by atoms with Crippen molar-refractivity contribution in [2.75, 3.05) is 6.54 Å². The quantitative estimate of drug-likeness (QED) is 0.877. The summed E-state index contributed by atoms with van der Waals surface area (Å²) in [5.41, 5.74) is 7.29. The summed E-state index contributed by atoms with van der Waals surface area (Å²) in [6.07, 6.45) is 0. The highest BCUT2D eigenvalue weighted by Crippen LogP contribution is 2.23. The third-order valence-electron chi connectivity index (χ3n) is 3.18. The summed E-state index contributed by atoms with van der Waals surface area (Å²) in [4.78, 5) is 0.379. The van der Waals surface area contributed by atoms with Crippen molar-refractivity contribution in [1.82, 2.24) is 4.31 Å². The molecule has 4 nitrogen and oxygen atoms in total. The van der Waals surface area contributed by atoms with Crippen molar-refractivity contribution < 1.29 is 8.42 Å². The molecular weight excluding hydrogens is 272 g/mol. The van der Waals surface area contributed by atoms with Gasteiger partial charge in [-0.05, 0) is 43.9 Å². The molecule has 0 radical (unpaired) electrons. The molecule has 0 saturated heterocycles. The third-order valence-corrected chi connectivity index (χ3v) is 5.38. The van der Waals surface area contributed by atoms with Gasteiger partial charge in [0.1, 0.15) is 0 Å². The average molecular weight is 298 g/mol. The molecule has 0 aromatic heterocycles. The Balaban J connectivity index is 3.26. The Morgan fingerprint density at radius 3 is 2.20 bits per heavy atom. The summed E-state index contributed by atoms with van der Waals surface area (Å²) in [6.45, 7) is 10.6. The fourth-order valence-electron chi connectivity index (χ4n) is 2.20. The third kappa shape index (κ3) is 3.81. The normalized spacial score (nSPS) is 12.7. The lowest BCUT2D eigenvalue weighted by atomic mass is 10.1. The first-order chi connectivity index (χ1) is 9.20. The van der Waals surface area contributed by atoms with Crippen molar-refractivity contribution in [3.63, 3.8) is 0 Å². The van der Waals surface area contributed by atoms with Crippen LogP contribution in [0.1, 0.15) is 38.8 Å². The van der Waals surface area contributed by atoms with Gasteiger partial charge in [0.15, 0.2) is 0 Å². The van der Waals surface area contributed by atoms with Gasteiger partial charge in [-0.2, -0.15) is 4.31 Å². The SMILES string of the molecule is Cc1cc(CN)ccc1S(=O)(=O)N(CC(C)C)C(C)C. The van der Waals surface area contributed by atoms with Crippen LogP contribution in [-0.4, -0.2) is 25.3 Å². The van der Waals surface area contributed by atoms with Crippen LogP contribution in [0.25, 0.3) is 0 Å². The summed E-state index contributed by atoms with van der Waals surface area (Å²) < 4.78 is 27.2. The van der Waals surface area contributed by atoms with E-state index in [1.165, 1.54) is 0 Å². The molecule has 114 valence electrons. The Kier molecular flexibility index (Phi) is 5.74. The molecular formula is C15H26N2O2S. The highest BCUT2D eigenvalue weighted by atomic mass is 32.2. The van der Waals surface area contributed by atoms with Crippen molar-refractivity contribution in [2.24, 2.45) is 11.7 Å². The van der Waals surface area contributed by atoms with Crippen LogP contribution in [0.5, 0.6) is 0 Å². The standard InChI is InChI=1S/C15H26N2O2S/c1-11(2)10-17(12(3)4)20(18,19)15-7-6-14(9-16)8-13(15)5/h6-8,11-12H,9-10,16H2,1-5H3. The summed E-state index contributed by atoms with van der Waals surface area (Å²) in [5, 5.41) is 0. The van der Waals surface area contributed by atoms with Gasteiger partial charge in [-0.3, -0.25) is 0 Å². The van der Waals surface area contributed by atoms with Crippen molar-refractivity contribution in [3.8, 4) is 0 Å². The molecule has 2 N–H and O–H groups in total. The zero-order valence-electron chi connectivity index (χ0n) is 13.1. The fraction of sp³-hybridized carbons (Fsp3) is 0.600. The van der Waals surface area contributed by atoms with Crippen LogP contribution in [0.15, 0.2) is 23.1 Å². The molecule has 20 heavy (non-hydrogen) atoms. The molecule has 0 fully saturated rings. The molecule has 5 heteroatoms. The van der Waals surface area contributed by atoms with Crippen molar-refractivity contribution in [1.29, 1.82) is 0 Å². The molecule has 0 amide bonds. The lowest BCUT2D eigenvalue weighted by Gasteiger charge is -2.28.